The highest BCUT2D eigenvalue weighted by atomic mass is 16.1. The highest BCUT2D eigenvalue weighted by molar-refractivity contribution is 5.81. The minimum absolute atomic E-state index is 0.0893. The molecule has 2 atom stereocenters. The molecule has 0 saturated carbocycles. The van der Waals surface area contributed by atoms with Crippen LogP contribution in [0.1, 0.15) is 64.0 Å². The van der Waals surface area contributed by atoms with Crippen molar-refractivity contribution in [1.29, 1.82) is 0 Å². The molecule has 2 unspecified atom stereocenters. The molecule has 0 aromatic heterocycles. The van der Waals surface area contributed by atoms with E-state index in [1.54, 1.807) is 0 Å². The molecule has 0 fully saturated rings. The maximum absolute atomic E-state index is 12.1. The van der Waals surface area contributed by atoms with Crippen molar-refractivity contribution in [2.24, 2.45) is 11.7 Å². The van der Waals surface area contributed by atoms with Gasteiger partial charge in [0.05, 0.1) is 0 Å². The second kappa shape index (κ2) is 8.87. The van der Waals surface area contributed by atoms with Crippen LogP contribution in [0.25, 0.3) is 0 Å². The van der Waals surface area contributed by atoms with E-state index in [0.717, 1.165) is 18.4 Å². The highest BCUT2D eigenvalue weighted by Crippen LogP contribution is 2.21. The molecule has 0 bridgehead atoms. The second-order valence-corrected chi connectivity index (χ2v) is 5.36. The summed E-state index contributed by atoms with van der Waals surface area (Å²) >= 11 is 0. The van der Waals surface area contributed by atoms with E-state index in [-0.39, 0.29) is 12.0 Å². The summed E-state index contributed by atoms with van der Waals surface area (Å²) in [5, 5.41) is 0. The van der Waals surface area contributed by atoms with Crippen molar-refractivity contribution in [3.63, 3.8) is 0 Å². The van der Waals surface area contributed by atoms with E-state index in [1.165, 1.54) is 19.3 Å². The van der Waals surface area contributed by atoms with E-state index in [9.17, 15) is 4.79 Å². The predicted octanol–water partition coefficient (Wildman–Crippen LogP) is 4.25. The molecule has 1 aromatic carbocycles. The zero-order valence-corrected chi connectivity index (χ0v) is 12.3. The molecule has 1 rings (SSSR count). The third-order valence-corrected chi connectivity index (χ3v) is 3.76. The number of benzene rings is 1. The summed E-state index contributed by atoms with van der Waals surface area (Å²) in [4.78, 5) is 12.1. The minimum Gasteiger partial charge on any atom is -0.323 e. The lowest BCUT2D eigenvalue weighted by Crippen LogP contribution is -2.25. The average Bonchev–Trinajstić information content (AvgIpc) is 2.46. The molecule has 0 amide bonds. The largest absolute Gasteiger partial charge is 0.323 e. The van der Waals surface area contributed by atoms with Crippen LogP contribution >= 0.6 is 0 Å². The summed E-state index contributed by atoms with van der Waals surface area (Å²) in [5.41, 5.74) is 7.22. The first-order chi connectivity index (χ1) is 9.16. The number of hydrogen-bond acceptors (Lipinski definition) is 2. The summed E-state index contributed by atoms with van der Waals surface area (Å²) in [7, 11) is 0. The van der Waals surface area contributed by atoms with Crippen LogP contribution < -0.4 is 5.73 Å². The molecule has 0 spiro atoms. The van der Waals surface area contributed by atoms with Gasteiger partial charge in [-0.3, -0.25) is 4.79 Å². The van der Waals surface area contributed by atoms with Gasteiger partial charge in [0, 0.05) is 18.4 Å². The molecule has 0 aliphatic carbocycles. The summed E-state index contributed by atoms with van der Waals surface area (Å²) in [6.45, 7) is 4.15. The molecule has 0 radical (unpaired) electrons. The van der Waals surface area contributed by atoms with Crippen LogP contribution in [0.2, 0.25) is 0 Å². The molecule has 1 aromatic rings. The van der Waals surface area contributed by atoms with Crippen LogP contribution in [0, 0.1) is 5.92 Å². The van der Waals surface area contributed by atoms with Gasteiger partial charge in [0.2, 0.25) is 0 Å². The molecular weight excluding hydrogens is 234 g/mol. The number of nitrogens with two attached hydrogens (primary N) is 1. The zero-order chi connectivity index (χ0) is 14.1. The lowest BCUT2D eigenvalue weighted by Gasteiger charge is -2.19. The maximum Gasteiger partial charge on any atom is 0.137 e. The number of carbonyl (C=O) groups excluding carboxylic acids is 1. The Labute approximate surface area is 117 Å². The standard InChI is InChI=1S/C17H27NO/c1-3-4-5-6-10-13-16(19)14(2)17(18)15-11-8-7-9-12-15/h7-9,11-12,14,17H,3-6,10,13,18H2,1-2H3. The Morgan fingerprint density at radius 1 is 1.11 bits per heavy atom. The molecular formula is C17H27NO. The molecule has 106 valence electrons. The smallest absolute Gasteiger partial charge is 0.137 e. The minimum atomic E-state index is -0.177. The first kappa shape index (κ1) is 15.9. The lowest BCUT2D eigenvalue weighted by molar-refractivity contribution is -0.123. The van der Waals surface area contributed by atoms with Crippen molar-refractivity contribution in [2.75, 3.05) is 0 Å². The fourth-order valence-corrected chi connectivity index (χ4v) is 2.29. The molecule has 2 nitrogen and oxygen atoms in total. The van der Waals surface area contributed by atoms with Crippen molar-refractivity contribution in [3.05, 3.63) is 35.9 Å². The third-order valence-electron chi connectivity index (χ3n) is 3.76. The number of hydrogen-bond donors (Lipinski definition) is 1. The second-order valence-electron chi connectivity index (χ2n) is 5.36. The number of rotatable bonds is 9. The number of carbonyl (C=O) groups is 1. The van der Waals surface area contributed by atoms with Gasteiger partial charge in [-0.15, -0.1) is 0 Å². The topological polar surface area (TPSA) is 43.1 Å². The van der Waals surface area contributed by atoms with E-state index >= 15 is 0 Å². The van der Waals surface area contributed by atoms with Gasteiger partial charge in [-0.1, -0.05) is 69.9 Å². The molecule has 0 saturated heterocycles. The fourth-order valence-electron chi connectivity index (χ4n) is 2.29. The molecule has 2 N–H and O–H groups in total. The number of ketones is 1. The Kier molecular flexibility index (Phi) is 7.42. The monoisotopic (exact) mass is 261 g/mol. The summed E-state index contributed by atoms with van der Waals surface area (Å²) in [6, 6.07) is 9.72. The summed E-state index contributed by atoms with van der Waals surface area (Å²) < 4.78 is 0. The van der Waals surface area contributed by atoms with Crippen LogP contribution in [0.4, 0.5) is 0 Å². The summed E-state index contributed by atoms with van der Waals surface area (Å²) in [5.74, 6) is 0.210. The first-order valence-corrected chi connectivity index (χ1v) is 7.50. The maximum atomic E-state index is 12.1. The van der Waals surface area contributed by atoms with Gasteiger partial charge in [0.1, 0.15) is 5.78 Å². The highest BCUT2D eigenvalue weighted by Gasteiger charge is 2.21. The van der Waals surface area contributed by atoms with Crippen LogP contribution in [-0.4, -0.2) is 5.78 Å². The van der Waals surface area contributed by atoms with Gasteiger partial charge in [0.25, 0.3) is 0 Å². The van der Waals surface area contributed by atoms with E-state index in [1.807, 2.05) is 37.3 Å². The van der Waals surface area contributed by atoms with Crippen molar-refractivity contribution >= 4 is 5.78 Å². The van der Waals surface area contributed by atoms with E-state index in [2.05, 4.69) is 6.92 Å². The molecule has 19 heavy (non-hydrogen) atoms. The Balaban J connectivity index is 2.35. The Hall–Kier alpha value is -1.15. The lowest BCUT2D eigenvalue weighted by atomic mass is 9.89. The van der Waals surface area contributed by atoms with Crippen LogP contribution in [0.5, 0.6) is 0 Å². The summed E-state index contributed by atoms with van der Waals surface area (Å²) in [6.07, 6.45) is 6.59. The van der Waals surface area contributed by atoms with E-state index < -0.39 is 0 Å². The van der Waals surface area contributed by atoms with Crippen molar-refractivity contribution in [1.82, 2.24) is 0 Å². The van der Waals surface area contributed by atoms with Gasteiger partial charge < -0.3 is 5.73 Å². The fraction of sp³-hybridized carbons (Fsp3) is 0.588. The van der Waals surface area contributed by atoms with Gasteiger partial charge in [-0.25, -0.2) is 0 Å². The normalized spacial score (nSPS) is 14.1. The Bertz CT molecular complexity index is 361. The number of Topliss-reactive ketones (excluding diaryl/α,β-unsaturated/α-hetero) is 1. The average molecular weight is 261 g/mol. The van der Waals surface area contributed by atoms with Gasteiger partial charge >= 0.3 is 0 Å². The van der Waals surface area contributed by atoms with Gasteiger partial charge in [0.15, 0.2) is 0 Å². The number of unbranched alkanes of at least 4 members (excludes halogenated alkanes) is 4. The molecule has 0 aliphatic heterocycles. The Morgan fingerprint density at radius 2 is 1.74 bits per heavy atom. The van der Waals surface area contributed by atoms with Crippen molar-refractivity contribution in [3.8, 4) is 0 Å². The van der Waals surface area contributed by atoms with Crippen molar-refractivity contribution < 1.29 is 4.79 Å². The van der Waals surface area contributed by atoms with Gasteiger partial charge in [-0.05, 0) is 12.0 Å². The van der Waals surface area contributed by atoms with E-state index in [0.29, 0.717) is 12.2 Å². The van der Waals surface area contributed by atoms with Crippen molar-refractivity contribution in [2.45, 2.75) is 58.4 Å². The quantitative estimate of drug-likeness (QED) is 0.675. The molecule has 0 aliphatic rings. The van der Waals surface area contributed by atoms with Crippen LogP contribution in [0.15, 0.2) is 30.3 Å². The predicted molar refractivity (Wildman–Crippen MR) is 80.9 cm³/mol. The molecule has 2 heteroatoms. The third kappa shape index (κ3) is 5.56. The zero-order valence-electron chi connectivity index (χ0n) is 12.3. The van der Waals surface area contributed by atoms with Crippen LogP contribution in [0.3, 0.4) is 0 Å². The SMILES string of the molecule is CCCCCCCC(=O)C(C)C(N)c1ccccc1. The van der Waals surface area contributed by atoms with E-state index in [4.69, 9.17) is 5.73 Å². The van der Waals surface area contributed by atoms with Crippen LogP contribution in [-0.2, 0) is 4.79 Å². The first-order valence-electron chi connectivity index (χ1n) is 7.50. The molecule has 0 heterocycles. The Morgan fingerprint density at radius 3 is 2.37 bits per heavy atom. The van der Waals surface area contributed by atoms with Gasteiger partial charge in [-0.2, -0.15) is 0 Å².